The van der Waals surface area contributed by atoms with Crippen LogP contribution < -0.4 is 5.32 Å². The molecule has 202 valence electrons. The van der Waals surface area contributed by atoms with Crippen molar-refractivity contribution in [1.82, 2.24) is 25.1 Å². The number of halogens is 1. The molecule has 4 amide bonds. The minimum Gasteiger partial charge on any atom is -0.508 e. The van der Waals surface area contributed by atoms with Gasteiger partial charge in [-0.15, -0.1) is 0 Å². The number of fused-ring (bicyclic) bond motifs is 1. The molecule has 2 heterocycles. The molecule has 2 fully saturated rings. The van der Waals surface area contributed by atoms with Crippen molar-refractivity contribution in [3.63, 3.8) is 0 Å². The monoisotopic (exact) mass is 591 g/mol. The number of nitrogens with one attached hydrogen (secondary N) is 1. The summed E-state index contributed by atoms with van der Waals surface area (Å²) >= 11 is 3.50. The van der Waals surface area contributed by atoms with Gasteiger partial charge in [0.05, 0.1) is 13.1 Å². The van der Waals surface area contributed by atoms with Crippen molar-refractivity contribution in [2.75, 3.05) is 20.1 Å². The lowest BCUT2D eigenvalue weighted by atomic mass is 10.00. The number of carbonyl (C=O) groups is 3. The molecule has 2 saturated heterocycles. The van der Waals surface area contributed by atoms with Crippen LogP contribution in [-0.4, -0.2) is 75.1 Å². The van der Waals surface area contributed by atoms with E-state index in [1.807, 2.05) is 54.6 Å². The third kappa shape index (κ3) is 5.91. The Kier molecular flexibility index (Phi) is 7.85. The molecule has 2 aliphatic rings. The largest absolute Gasteiger partial charge is 0.508 e. The number of hydrogen-bond acceptors (Lipinski definition) is 5. The lowest BCUT2D eigenvalue weighted by Gasteiger charge is -2.45. The van der Waals surface area contributed by atoms with Crippen molar-refractivity contribution in [1.29, 1.82) is 0 Å². The van der Waals surface area contributed by atoms with Gasteiger partial charge in [0.1, 0.15) is 18.0 Å². The van der Waals surface area contributed by atoms with Gasteiger partial charge in [0.15, 0.2) is 0 Å². The van der Waals surface area contributed by atoms with Gasteiger partial charge < -0.3 is 20.2 Å². The molecule has 0 aliphatic carbocycles. The molecule has 2 aliphatic heterocycles. The summed E-state index contributed by atoms with van der Waals surface area (Å²) in [7, 11) is 1.64. The molecule has 0 radical (unpaired) electrons. The van der Waals surface area contributed by atoms with Crippen LogP contribution in [0.1, 0.15) is 16.7 Å². The summed E-state index contributed by atoms with van der Waals surface area (Å²) in [5.41, 5.74) is 2.75. The zero-order valence-electron chi connectivity index (χ0n) is 21.5. The van der Waals surface area contributed by atoms with E-state index >= 15 is 0 Å². The van der Waals surface area contributed by atoms with E-state index in [0.717, 1.165) is 21.2 Å². The number of phenolic OH excluding ortho intramolecular Hbond substituents is 1. The molecule has 5 rings (SSSR count). The molecule has 0 spiro atoms. The van der Waals surface area contributed by atoms with E-state index in [-0.39, 0.29) is 36.7 Å². The van der Waals surface area contributed by atoms with Gasteiger partial charge in [-0.25, -0.2) is 4.79 Å². The van der Waals surface area contributed by atoms with Gasteiger partial charge in [0, 0.05) is 31.0 Å². The van der Waals surface area contributed by atoms with Crippen LogP contribution in [0.15, 0.2) is 83.3 Å². The first-order valence-corrected chi connectivity index (χ1v) is 13.5. The smallest absolute Gasteiger partial charge is 0.332 e. The summed E-state index contributed by atoms with van der Waals surface area (Å²) in [5.74, 6) is -0.220. The Bertz CT molecular complexity index is 1350. The lowest BCUT2D eigenvalue weighted by Crippen LogP contribution is -2.65. The van der Waals surface area contributed by atoms with Gasteiger partial charge in [-0.1, -0.05) is 70.5 Å². The molecule has 39 heavy (non-hydrogen) atoms. The normalized spacial score (nSPS) is 19.2. The quantitative estimate of drug-likeness (QED) is 0.439. The number of urea groups is 1. The van der Waals surface area contributed by atoms with Crippen LogP contribution in [-0.2, 0) is 29.1 Å². The molecule has 2 N–H and O–H groups in total. The van der Waals surface area contributed by atoms with Gasteiger partial charge in [0.2, 0.25) is 11.8 Å². The Morgan fingerprint density at radius 2 is 1.72 bits per heavy atom. The molecule has 0 unspecified atom stereocenters. The maximum absolute atomic E-state index is 13.8. The Balaban J connectivity index is 1.39. The van der Waals surface area contributed by atoms with E-state index in [2.05, 4.69) is 21.2 Å². The number of hydrazine groups is 1. The standard InChI is InChI=1S/C29H30BrN5O4/c1-32(29(39)31-16-21-6-3-2-4-7-21)34-19-27(37)35-25(15-20-10-12-24(36)13-11-20)28(38)33(18-26(34)35)17-22-8-5-9-23(30)14-22/h2-14,25-26,36H,15-19H2,1H3,(H,31,39)/t25-,26+/m0/s1. The number of benzene rings is 3. The van der Waals surface area contributed by atoms with Crippen molar-refractivity contribution in [3.8, 4) is 5.75 Å². The van der Waals surface area contributed by atoms with Crippen molar-refractivity contribution in [2.24, 2.45) is 0 Å². The first kappa shape index (κ1) is 26.7. The summed E-state index contributed by atoms with van der Waals surface area (Å²) in [6, 6.07) is 23.0. The fourth-order valence-electron chi connectivity index (χ4n) is 5.17. The topological polar surface area (TPSA) is 96.4 Å². The van der Waals surface area contributed by atoms with Crippen molar-refractivity contribution >= 4 is 33.8 Å². The molecule has 3 aromatic rings. The zero-order valence-corrected chi connectivity index (χ0v) is 23.1. The number of hydrogen-bond donors (Lipinski definition) is 2. The number of carbonyl (C=O) groups excluding carboxylic acids is 3. The van der Waals surface area contributed by atoms with Gasteiger partial charge in [0.25, 0.3) is 0 Å². The van der Waals surface area contributed by atoms with E-state index in [1.54, 1.807) is 46.1 Å². The van der Waals surface area contributed by atoms with Crippen molar-refractivity contribution < 1.29 is 19.5 Å². The van der Waals surface area contributed by atoms with Crippen LogP contribution in [0.5, 0.6) is 5.75 Å². The number of aromatic hydroxyl groups is 1. The van der Waals surface area contributed by atoms with Crippen LogP contribution in [0, 0.1) is 0 Å². The van der Waals surface area contributed by atoms with Gasteiger partial charge in [-0.3, -0.25) is 14.6 Å². The fraction of sp³-hybridized carbons (Fsp3) is 0.276. The number of rotatable bonds is 7. The highest BCUT2D eigenvalue weighted by molar-refractivity contribution is 9.10. The molecule has 9 nitrogen and oxygen atoms in total. The second-order valence-corrected chi connectivity index (χ2v) is 10.7. The minimum absolute atomic E-state index is 0.00991. The van der Waals surface area contributed by atoms with Crippen LogP contribution in [0.2, 0.25) is 0 Å². The second kappa shape index (κ2) is 11.5. The number of amides is 4. The molecule has 0 aromatic heterocycles. The predicted molar refractivity (Wildman–Crippen MR) is 149 cm³/mol. The molecule has 10 heteroatoms. The summed E-state index contributed by atoms with van der Waals surface area (Å²) < 4.78 is 0.916. The Hall–Kier alpha value is -3.89. The van der Waals surface area contributed by atoms with E-state index < -0.39 is 12.2 Å². The summed E-state index contributed by atoms with van der Waals surface area (Å²) in [5, 5.41) is 15.8. The maximum Gasteiger partial charge on any atom is 0.332 e. The average Bonchev–Trinajstić information content (AvgIpc) is 3.26. The van der Waals surface area contributed by atoms with Crippen LogP contribution in [0.4, 0.5) is 4.79 Å². The van der Waals surface area contributed by atoms with E-state index in [9.17, 15) is 19.5 Å². The molecular weight excluding hydrogens is 562 g/mol. The number of phenols is 1. The van der Waals surface area contributed by atoms with Gasteiger partial charge >= 0.3 is 6.03 Å². The maximum atomic E-state index is 13.8. The first-order chi connectivity index (χ1) is 18.8. The summed E-state index contributed by atoms with van der Waals surface area (Å²) in [4.78, 5) is 43.6. The van der Waals surface area contributed by atoms with Crippen LogP contribution in [0.25, 0.3) is 0 Å². The third-order valence-corrected chi connectivity index (χ3v) is 7.65. The van der Waals surface area contributed by atoms with E-state index in [1.165, 1.54) is 5.01 Å². The SMILES string of the molecule is CN(C(=O)NCc1ccccc1)N1CC(=O)N2[C@@H](Cc3ccc(O)cc3)C(=O)N(Cc3cccc(Br)c3)C[C@@H]21. The second-order valence-electron chi connectivity index (χ2n) is 9.78. The van der Waals surface area contributed by atoms with Crippen LogP contribution in [0.3, 0.4) is 0 Å². The van der Waals surface area contributed by atoms with Crippen molar-refractivity contribution in [2.45, 2.75) is 31.7 Å². The minimum atomic E-state index is -0.737. The Morgan fingerprint density at radius 1 is 1.00 bits per heavy atom. The highest BCUT2D eigenvalue weighted by Crippen LogP contribution is 2.30. The van der Waals surface area contributed by atoms with Gasteiger partial charge in [-0.05, 0) is 41.0 Å². The van der Waals surface area contributed by atoms with Crippen molar-refractivity contribution in [3.05, 3.63) is 100 Å². The van der Waals surface area contributed by atoms with E-state index in [4.69, 9.17) is 0 Å². The average molecular weight is 592 g/mol. The molecule has 2 atom stereocenters. The molecule has 0 bridgehead atoms. The lowest BCUT2D eigenvalue weighted by molar-refractivity contribution is -0.157. The number of piperazine rings is 1. The highest BCUT2D eigenvalue weighted by Gasteiger charge is 2.51. The number of nitrogens with zero attached hydrogens (tertiary/aromatic N) is 4. The van der Waals surface area contributed by atoms with E-state index in [0.29, 0.717) is 19.5 Å². The Labute approximate surface area is 235 Å². The fourth-order valence-corrected chi connectivity index (χ4v) is 5.61. The third-order valence-electron chi connectivity index (χ3n) is 7.16. The van der Waals surface area contributed by atoms with Crippen LogP contribution >= 0.6 is 15.9 Å². The molecule has 0 saturated carbocycles. The molecule has 3 aromatic carbocycles. The summed E-state index contributed by atoms with van der Waals surface area (Å²) in [6.45, 7) is 0.987. The Morgan fingerprint density at radius 3 is 2.44 bits per heavy atom. The summed E-state index contributed by atoms with van der Waals surface area (Å²) in [6.07, 6.45) is -0.203. The molecular formula is C29H30BrN5O4. The first-order valence-electron chi connectivity index (χ1n) is 12.7. The highest BCUT2D eigenvalue weighted by atomic mass is 79.9. The predicted octanol–water partition coefficient (Wildman–Crippen LogP) is 3.34. The van der Waals surface area contributed by atoms with Gasteiger partial charge in [-0.2, -0.15) is 5.01 Å². The zero-order chi connectivity index (χ0) is 27.5.